The Kier molecular flexibility index (Phi) is 2.91. The van der Waals surface area contributed by atoms with E-state index in [0.717, 1.165) is 5.82 Å². The van der Waals surface area contributed by atoms with Crippen molar-refractivity contribution in [1.29, 1.82) is 0 Å². The summed E-state index contributed by atoms with van der Waals surface area (Å²) >= 11 is 0. The number of nitrogens with zero attached hydrogens (tertiary/aromatic N) is 2. The second-order valence-corrected chi connectivity index (χ2v) is 3.83. The molecule has 0 aromatic carbocycles. The number of aromatic nitrogens is 2. The van der Waals surface area contributed by atoms with E-state index in [1.807, 2.05) is 6.07 Å². The fourth-order valence-corrected chi connectivity index (χ4v) is 1.84. The number of amides is 1. The Balaban J connectivity index is 1.99. The number of rotatable bonds is 3. The fourth-order valence-electron chi connectivity index (χ4n) is 1.84. The molecule has 16 heavy (non-hydrogen) atoms. The molecule has 2 unspecified atom stereocenters. The second kappa shape index (κ2) is 4.36. The normalized spacial score (nSPS) is 24.4. The van der Waals surface area contributed by atoms with Crippen LogP contribution in [-0.4, -0.2) is 41.3 Å². The predicted molar refractivity (Wildman–Crippen MR) is 60.9 cm³/mol. The van der Waals surface area contributed by atoms with Crippen molar-refractivity contribution < 1.29 is 4.79 Å². The van der Waals surface area contributed by atoms with Gasteiger partial charge in [-0.15, -0.1) is 0 Å². The van der Waals surface area contributed by atoms with Gasteiger partial charge in [0.25, 0.3) is 0 Å². The van der Waals surface area contributed by atoms with E-state index >= 15 is 0 Å². The van der Waals surface area contributed by atoms with Crippen LogP contribution in [0.3, 0.4) is 0 Å². The lowest BCUT2D eigenvalue weighted by Crippen LogP contribution is -2.46. The summed E-state index contributed by atoms with van der Waals surface area (Å²) in [6, 6.07) is 1.76. The highest BCUT2D eigenvalue weighted by Gasteiger charge is 2.31. The molecule has 1 aromatic rings. The number of hydrogen-bond acceptors (Lipinski definition) is 4. The maximum atomic E-state index is 11.2. The number of anilines is 1. The molecular weight excluding hydrogens is 206 g/mol. The molecule has 2 rings (SSSR count). The summed E-state index contributed by atoms with van der Waals surface area (Å²) in [5.74, 6) is 0.734. The van der Waals surface area contributed by atoms with Crippen LogP contribution >= 0.6 is 0 Å². The smallest absolute Gasteiger partial charge is 0.243 e. The zero-order valence-electron chi connectivity index (χ0n) is 8.89. The average Bonchev–Trinajstić information content (AvgIpc) is 2.88. The van der Waals surface area contributed by atoms with Crippen molar-refractivity contribution in [3.05, 3.63) is 24.9 Å². The van der Waals surface area contributed by atoms with E-state index in [4.69, 9.17) is 5.73 Å². The molecule has 6 nitrogen and oxygen atoms in total. The van der Waals surface area contributed by atoms with Crippen molar-refractivity contribution in [2.24, 2.45) is 5.73 Å². The van der Waals surface area contributed by atoms with Crippen molar-refractivity contribution in [2.75, 3.05) is 18.0 Å². The lowest BCUT2D eigenvalue weighted by Gasteiger charge is -2.15. The number of H-pyrrole nitrogens is 1. The maximum Gasteiger partial charge on any atom is 0.243 e. The molecule has 0 aliphatic carbocycles. The first-order valence-electron chi connectivity index (χ1n) is 5.13. The highest BCUT2D eigenvalue weighted by atomic mass is 16.1. The Morgan fingerprint density at radius 1 is 1.75 bits per heavy atom. The summed E-state index contributed by atoms with van der Waals surface area (Å²) in [6.45, 7) is 4.80. The van der Waals surface area contributed by atoms with Gasteiger partial charge in [-0.3, -0.25) is 9.89 Å². The van der Waals surface area contributed by atoms with E-state index < -0.39 is 0 Å². The topological polar surface area (TPSA) is 87.0 Å². The number of carbonyl (C=O) groups excluding carboxylic acids is 1. The highest BCUT2D eigenvalue weighted by molar-refractivity contribution is 5.87. The Morgan fingerprint density at radius 2 is 2.56 bits per heavy atom. The minimum absolute atomic E-state index is 0.0474. The summed E-state index contributed by atoms with van der Waals surface area (Å²) < 4.78 is 0. The third-order valence-corrected chi connectivity index (χ3v) is 2.70. The summed E-state index contributed by atoms with van der Waals surface area (Å²) in [7, 11) is 0. The first-order chi connectivity index (χ1) is 7.70. The van der Waals surface area contributed by atoms with Crippen molar-refractivity contribution >= 4 is 11.7 Å². The molecule has 2 heterocycles. The molecule has 86 valence electrons. The van der Waals surface area contributed by atoms with Gasteiger partial charge in [0.2, 0.25) is 5.91 Å². The molecule has 2 atom stereocenters. The molecule has 1 saturated heterocycles. The monoisotopic (exact) mass is 221 g/mol. The molecule has 1 aliphatic heterocycles. The van der Waals surface area contributed by atoms with Gasteiger partial charge in [-0.1, -0.05) is 6.58 Å². The van der Waals surface area contributed by atoms with Gasteiger partial charge in [0.05, 0.1) is 12.2 Å². The van der Waals surface area contributed by atoms with Crippen LogP contribution in [0.4, 0.5) is 5.82 Å². The zero-order valence-corrected chi connectivity index (χ0v) is 8.89. The molecular formula is C10H15N5O. The van der Waals surface area contributed by atoms with Crippen LogP contribution in [-0.2, 0) is 4.79 Å². The third kappa shape index (κ3) is 2.06. The Hall–Kier alpha value is -1.82. The van der Waals surface area contributed by atoms with E-state index in [-0.39, 0.29) is 18.0 Å². The van der Waals surface area contributed by atoms with Gasteiger partial charge in [0.1, 0.15) is 5.82 Å². The van der Waals surface area contributed by atoms with Gasteiger partial charge in [-0.25, -0.2) is 0 Å². The largest absolute Gasteiger partial charge is 0.353 e. The van der Waals surface area contributed by atoms with Crippen LogP contribution in [0.5, 0.6) is 0 Å². The molecule has 1 aliphatic rings. The van der Waals surface area contributed by atoms with Gasteiger partial charge in [0.15, 0.2) is 0 Å². The van der Waals surface area contributed by atoms with Crippen LogP contribution in [0.15, 0.2) is 24.9 Å². The van der Waals surface area contributed by atoms with Gasteiger partial charge < -0.3 is 16.0 Å². The number of aromatic amines is 1. The van der Waals surface area contributed by atoms with Crippen LogP contribution in [0.25, 0.3) is 0 Å². The highest BCUT2D eigenvalue weighted by Crippen LogP contribution is 2.16. The standard InChI is InChI=1S/C10H15N5O/c1-2-10(16)13-8-6-15(5-7(8)11)9-3-4-12-14-9/h2-4,7-8H,1,5-6,11H2,(H,12,14)(H,13,16). The van der Waals surface area contributed by atoms with Gasteiger partial charge in [0, 0.05) is 25.2 Å². The van der Waals surface area contributed by atoms with E-state index in [9.17, 15) is 4.79 Å². The fraction of sp³-hybridized carbons (Fsp3) is 0.400. The summed E-state index contributed by atoms with van der Waals surface area (Å²) in [5.41, 5.74) is 5.95. The average molecular weight is 221 g/mol. The molecule has 6 heteroatoms. The quantitative estimate of drug-likeness (QED) is 0.585. The van der Waals surface area contributed by atoms with Crippen molar-refractivity contribution in [1.82, 2.24) is 15.5 Å². The van der Waals surface area contributed by atoms with E-state index in [1.165, 1.54) is 6.08 Å². The predicted octanol–water partition coefficient (Wildman–Crippen LogP) is -0.772. The lowest BCUT2D eigenvalue weighted by atomic mass is 10.2. The Labute approximate surface area is 93.5 Å². The Morgan fingerprint density at radius 3 is 3.19 bits per heavy atom. The molecule has 1 amide bonds. The van der Waals surface area contributed by atoms with E-state index in [2.05, 4.69) is 27.0 Å². The van der Waals surface area contributed by atoms with Crippen LogP contribution in [0.2, 0.25) is 0 Å². The van der Waals surface area contributed by atoms with Gasteiger partial charge in [-0.2, -0.15) is 5.10 Å². The summed E-state index contributed by atoms with van der Waals surface area (Å²) in [6.07, 6.45) is 2.95. The molecule has 4 N–H and O–H groups in total. The maximum absolute atomic E-state index is 11.2. The van der Waals surface area contributed by atoms with Gasteiger partial charge in [-0.05, 0) is 6.08 Å². The van der Waals surface area contributed by atoms with Gasteiger partial charge >= 0.3 is 0 Å². The number of hydrogen-bond donors (Lipinski definition) is 3. The number of carbonyl (C=O) groups is 1. The van der Waals surface area contributed by atoms with Crippen LogP contribution in [0.1, 0.15) is 0 Å². The van der Waals surface area contributed by atoms with Crippen LogP contribution in [0, 0.1) is 0 Å². The van der Waals surface area contributed by atoms with Crippen molar-refractivity contribution in [2.45, 2.75) is 12.1 Å². The SMILES string of the molecule is C=CC(=O)NC1CN(c2ccn[nH]2)CC1N. The molecule has 0 saturated carbocycles. The zero-order chi connectivity index (χ0) is 11.5. The third-order valence-electron chi connectivity index (χ3n) is 2.70. The molecule has 0 spiro atoms. The first kappa shape index (κ1) is 10.7. The molecule has 0 bridgehead atoms. The van der Waals surface area contributed by atoms with Crippen molar-refractivity contribution in [3.63, 3.8) is 0 Å². The first-order valence-corrected chi connectivity index (χ1v) is 5.13. The number of nitrogens with one attached hydrogen (secondary N) is 2. The summed E-state index contributed by atoms with van der Waals surface area (Å²) in [5, 5.41) is 9.57. The van der Waals surface area contributed by atoms with Crippen molar-refractivity contribution in [3.8, 4) is 0 Å². The lowest BCUT2D eigenvalue weighted by molar-refractivity contribution is -0.117. The Bertz CT molecular complexity index is 375. The summed E-state index contributed by atoms with van der Waals surface area (Å²) in [4.78, 5) is 13.2. The van der Waals surface area contributed by atoms with Crippen LogP contribution < -0.4 is 16.0 Å². The minimum atomic E-state index is -0.188. The van der Waals surface area contributed by atoms with E-state index in [0.29, 0.717) is 13.1 Å². The number of nitrogens with two attached hydrogens (primary N) is 1. The van der Waals surface area contributed by atoms with E-state index in [1.54, 1.807) is 6.20 Å². The molecule has 1 aromatic heterocycles. The molecule has 0 radical (unpaired) electrons. The molecule has 1 fully saturated rings. The second-order valence-electron chi connectivity index (χ2n) is 3.83. The minimum Gasteiger partial charge on any atom is -0.353 e.